The van der Waals surface area contributed by atoms with Gasteiger partial charge in [-0.3, -0.25) is 9.59 Å². The number of carbonyl (C=O) groups is 2. The number of ether oxygens (including phenoxy) is 1. The molecule has 2 heterocycles. The van der Waals surface area contributed by atoms with Crippen LogP contribution >= 0.6 is 11.6 Å². The molecule has 3 rings (SSSR count). The van der Waals surface area contributed by atoms with Crippen molar-refractivity contribution < 1.29 is 14.3 Å². The highest BCUT2D eigenvalue weighted by Crippen LogP contribution is 2.23. The average molecular weight is 391 g/mol. The van der Waals surface area contributed by atoms with Crippen LogP contribution in [-0.4, -0.2) is 48.7 Å². The molecule has 0 atom stereocenters. The zero-order valence-corrected chi connectivity index (χ0v) is 16.4. The van der Waals surface area contributed by atoms with Crippen LogP contribution in [0.2, 0.25) is 5.02 Å². The van der Waals surface area contributed by atoms with Gasteiger partial charge < -0.3 is 9.64 Å². The largest absolute Gasteiger partial charge is 0.473 e. The van der Waals surface area contributed by atoms with Crippen molar-refractivity contribution in [3.63, 3.8) is 0 Å². The second-order valence-corrected chi connectivity index (χ2v) is 7.74. The topological polar surface area (TPSA) is 59.0 Å². The molecule has 0 saturated carbocycles. The minimum Gasteiger partial charge on any atom is -0.473 e. The molecule has 0 aliphatic carbocycles. The maximum Gasteiger partial charge on any atom is 0.253 e. The molecule has 1 amide bonds. The minimum atomic E-state index is 0.0299. The Morgan fingerprint density at radius 2 is 1.89 bits per heavy atom. The molecule has 6 heteroatoms. The van der Waals surface area contributed by atoms with Crippen LogP contribution in [-0.2, 0) is 20.7 Å². The molecule has 2 aliphatic heterocycles. The van der Waals surface area contributed by atoms with Crippen molar-refractivity contribution in [1.29, 1.82) is 0 Å². The first-order valence-corrected chi connectivity index (χ1v) is 10.2. The first-order chi connectivity index (χ1) is 13.1. The number of nitrogens with zero attached hydrogens (tertiary/aromatic N) is 2. The number of rotatable bonds is 8. The standard InChI is InChI=1S/C21H27ClN2O3/c22-18-7-4-17(5-8-18)6-9-20(26)24-13-10-16(11-14-24)2-1-3-19(25)21-23-12-15-27-21/h4-5,7-8,16H,1-3,6,9-15H2. The zero-order chi connectivity index (χ0) is 19.1. The molecule has 0 aromatic heterocycles. The van der Waals surface area contributed by atoms with Gasteiger partial charge in [0.1, 0.15) is 6.61 Å². The molecule has 0 unspecified atom stereocenters. The Hall–Kier alpha value is -1.88. The number of aryl methyl sites for hydroxylation is 1. The summed E-state index contributed by atoms with van der Waals surface area (Å²) in [5, 5.41) is 0.720. The van der Waals surface area contributed by atoms with Crippen molar-refractivity contribution in [2.75, 3.05) is 26.2 Å². The van der Waals surface area contributed by atoms with Gasteiger partial charge in [-0.15, -0.1) is 0 Å². The van der Waals surface area contributed by atoms with Gasteiger partial charge in [0, 0.05) is 31.0 Å². The lowest BCUT2D eigenvalue weighted by Gasteiger charge is -2.32. The Bertz CT molecular complexity index is 679. The van der Waals surface area contributed by atoms with Gasteiger partial charge in [-0.2, -0.15) is 0 Å². The van der Waals surface area contributed by atoms with E-state index in [2.05, 4.69) is 4.99 Å². The Morgan fingerprint density at radius 1 is 1.15 bits per heavy atom. The van der Waals surface area contributed by atoms with Crippen LogP contribution < -0.4 is 0 Å². The minimum absolute atomic E-state index is 0.0299. The number of aliphatic imine (C=N–C) groups is 1. The molecule has 0 spiro atoms. The third-order valence-electron chi connectivity index (χ3n) is 5.35. The van der Waals surface area contributed by atoms with Crippen LogP contribution in [0.15, 0.2) is 29.3 Å². The van der Waals surface area contributed by atoms with Gasteiger partial charge in [0.15, 0.2) is 0 Å². The number of piperidine rings is 1. The molecule has 0 radical (unpaired) electrons. The first kappa shape index (κ1) is 19.9. The number of hydrogen-bond acceptors (Lipinski definition) is 4. The predicted octanol–water partition coefficient (Wildman–Crippen LogP) is 3.68. The maximum atomic E-state index is 12.4. The summed E-state index contributed by atoms with van der Waals surface area (Å²) in [6.07, 6.45) is 5.77. The van der Waals surface area contributed by atoms with Crippen LogP contribution in [0.3, 0.4) is 0 Å². The first-order valence-electron chi connectivity index (χ1n) is 9.84. The number of ketones is 1. The molecular formula is C21H27ClN2O3. The average Bonchev–Trinajstić information content (AvgIpc) is 3.23. The molecule has 5 nitrogen and oxygen atoms in total. The Balaban J connectivity index is 1.31. The second kappa shape index (κ2) is 9.88. The lowest BCUT2D eigenvalue weighted by Crippen LogP contribution is -2.38. The van der Waals surface area contributed by atoms with Gasteiger partial charge in [-0.25, -0.2) is 4.99 Å². The second-order valence-electron chi connectivity index (χ2n) is 7.30. The highest BCUT2D eigenvalue weighted by atomic mass is 35.5. The number of likely N-dealkylation sites (tertiary alicyclic amines) is 1. The van der Waals surface area contributed by atoms with Gasteiger partial charge in [0.25, 0.3) is 5.90 Å². The number of amides is 1. The SMILES string of the molecule is O=C(CCCC1CCN(C(=O)CCc2ccc(Cl)cc2)CC1)C1=NCCO1. The molecule has 27 heavy (non-hydrogen) atoms. The number of benzene rings is 1. The lowest BCUT2D eigenvalue weighted by molar-refractivity contribution is -0.132. The number of carbonyl (C=O) groups excluding carboxylic acids is 2. The molecule has 2 aliphatic rings. The maximum absolute atomic E-state index is 12.4. The van der Waals surface area contributed by atoms with Crippen LogP contribution in [0.25, 0.3) is 0 Å². The van der Waals surface area contributed by atoms with Crippen molar-refractivity contribution in [1.82, 2.24) is 4.90 Å². The predicted molar refractivity (Wildman–Crippen MR) is 106 cm³/mol. The summed E-state index contributed by atoms with van der Waals surface area (Å²) >= 11 is 5.89. The number of Topliss-reactive ketones (excluding diaryl/α,β-unsaturated/α-hetero) is 1. The normalized spacial score (nSPS) is 17.5. The van der Waals surface area contributed by atoms with Crippen molar-refractivity contribution in [3.05, 3.63) is 34.9 Å². The van der Waals surface area contributed by atoms with Gasteiger partial charge in [0.2, 0.25) is 11.7 Å². The Kier molecular flexibility index (Phi) is 7.27. The summed E-state index contributed by atoms with van der Waals surface area (Å²) in [6, 6.07) is 7.68. The van der Waals surface area contributed by atoms with Crippen molar-refractivity contribution in [2.24, 2.45) is 10.9 Å². The molecule has 1 fully saturated rings. The van der Waals surface area contributed by atoms with Crippen molar-refractivity contribution in [2.45, 2.75) is 44.9 Å². The van der Waals surface area contributed by atoms with E-state index in [1.54, 1.807) is 0 Å². The summed E-state index contributed by atoms with van der Waals surface area (Å²) in [5.41, 5.74) is 1.14. The molecule has 1 aromatic carbocycles. The van der Waals surface area contributed by atoms with E-state index in [9.17, 15) is 9.59 Å². The van der Waals surface area contributed by atoms with E-state index < -0.39 is 0 Å². The summed E-state index contributed by atoms with van der Waals surface area (Å²) in [4.78, 5) is 30.4. The zero-order valence-electron chi connectivity index (χ0n) is 15.7. The van der Waals surface area contributed by atoms with Crippen molar-refractivity contribution in [3.8, 4) is 0 Å². The molecular weight excluding hydrogens is 364 g/mol. The summed E-state index contributed by atoms with van der Waals surface area (Å²) in [5.74, 6) is 1.18. The van der Waals surface area contributed by atoms with Crippen LogP contribution in [0.1, 0.15) is 44.1 Å². The fraction of sp³-hybridized carbons (Fsp3) is 0.571. The van der Waals surface area contributed by atoms with Crippen LogP contribution in [0.4, 0.5) is 0 Å². The van der Waals surface area contributed by atoms with Gasteiger partial charge in [-0.05, 0) is 55.7 Å². The smallest absolute Gasteiger partial charge is 0.253 e. The van der Waals surface area contributed by atoms with E-state index in [4.69, 9.17) is 16.3 Å². The van der Waals surface area contributed by atoms with E-state index in [0.29, 0.717) is 37.8 Å². The molecule has 1 saturated heterocycles. The Morgan fingerprint density at radius 3 is 2.56 bits per heavy atom. The fourth-order valence-electron chi connectivity index (χ4n) is 3.69. The lowest BCUT2D eigenvalue weighted by atomic mass is 9.91. The van der Waals surface area contributed by atoms with Gasteiger partial charge in [-0.1, -0.05) is 23.7 Å². The van der Waals surface area contributed by atoms with Gasteiger partial charge >= 0.3 is 0 Å². The summed E-state index contributed by atoms with van der Waals surface area (Å²) in [7, 11) is 0. The van der Waals surface area contributed by atoms with E-state index >= 15 is 0 Å². The number of hydrogen-bond donors (Lipinski definition) is 0. The van der Waals surface area contributed by atoms with E-state index in [-0.39, 0.29) is 11.7 Å². The third-order valence-corrected chi connectivity index (χ3v) is 5.60. The highest BCUT2D eigenvalue weighted by Gasteiger charge is 2.23. The van der Waals surface area contributed by atoms with E-state index in [1.807, 2.05) is 29.2 Å². The molecule has 146 valence electrons. The fourth-order valence-corrected chi connectivity index (χ4v) is 3.82. The van der Waals surface area contributed by atoms with E-state index in [1.165, 1.54) is 0 Å². The molecule has 0 bridgehead atoms. The van der Waals surface area contributed by atoms with Gasteiger partial charge in [0.05, 0.1) is 6.54 Å². The monoisotopic (exact) mass is 390 g/mol. The Labute approximate surface area is 165 Å². The molecule has 1 aromatic rings. The van der Waals surface area contributed by atoms with Crippen LogP contribution in [0, 0.1) is 5.92 Å². The third kappa shape index (κ3) is 6.06. The quantitative estimate of drug-likeness (QED) is 0.680. The number of halogens is 1. The highest BCUT2D eigenvalue weighted by molar-refractivity contribution is 6.36. The van der Waals surface area contributed by atoms with Crippen LogP contribution in [0.5, 0.6) is 0 Å². The van der Waals surface area contributed by atoms with E-state index in [0.717, 1.165) is 55.8 Å². The summed E-state index contributed by atoms with van der Waals surface area (Å²) in [6.45, 7) is 2.79. The molecule has 0 N–H and O–H groups in total. The summed E-state index contributed by atoms with van der Waals surface area (Å²) < 4.78 is 5.21. The van der Waals surface area contributed by atoms with Crippen molar-refractivity contribution >= 4 is 29.2 Å².